The predicted octanol–water partition coefficient (Wildman–Crippen LogP) is 4.18. The second-order valence-electron chi connectivity index (χ2n) is 6.36. The fourth-order valence-corrected chi connectivity index (χ4v) is 3.40. The number of halogens is 1. The molecule has 2 aromatic carbocycles. The first kappa shape index (κ1) is 17.4. The molecular formula is C21H18ClN3O2. The van der Waals surface area contributed by atoms with E-state index in [-0.39, 0.29) is 5.69 Å². The van der Waals surface area contributed by atoms with Gasteiger partial charge in [0.15, 0.2) is 5.75 Å². The smallest absolute Gasteiger partial charge is 0.351 e. The van der Waals surface area contributed by atoms with Gasteiger partial charge < -0.3 is 4.74 Å². The lowest BCUT2D eigenvalue weighted by Crippen LogP contribution is -2.22. The lowest BCUT2D eigenvalue weighted by molar-refractivity contribution is 0.416. The van der Waals surface area contributed by atoms with Crippen molar-refractivity contribution in [2.75, 3.05) is 7.11 Å². The highest BCUT2D eigenvalue weighted by molar-refractivity contribution is 6.33. The number of methoxy groups -OCH3 is 1. The van der Waals surface area contributed by atoms with Crippen LogP contribution in [0.1, 0.15) is 11.1 Å². The summed E-state index contributed by atoms with van der Waals surface area (Å²) in [5.41, 5.74) is 3.76. The predicted molar refractivity (Wildman–Crippen MR) is 107 cm³/mol. The summed E-state index contributed by atoms with van der Waals surface area (Å²) >= 11 is 6.53. The number of benzene rings is 2. The number of pyridine rings is 1. The van der Waals surface area contributed by atoms with Crippen molar-refractivity contribution in [3.8, 4) is 17.0 Å². The van der Waals surface area contributed by atoms with Crippen molar-refractivity contribution >= 4 is 17.2 Å². The van der Waals surface area contributed by atoms with E-state index in [9.17, 15) is 4.79 Å². The summed E-state index contributed by atoms with van der Waals surface area (Å²) in [6, 6.07) is 19.3. The van der Waals surface area contributed by atoms with Crippen molar-refractivity contribution in [1.82, 2.24) is 14.2 Å². The van der Waals surface area contributed by atoms with Crippen molar-refractivity contribution in [1.29, 1.82) is 0 Å². The number of fused-ring (bicyclic) bond motifs is 1. The first-order valence-corrected chi connectivity index (χ1v) is 8.93. The summed E-state index contributed by atoms with van der Waals surface area (Å²) < 4.78 is 8.37. The number of ether oxygens (including phenoxy) is 1. The van der Waals surface area contributed by atoms with E-state index >= 15 is 0 Å². The zero-order valence-electron chi connectivity index (χ0n) is 15.0. The SMILES string of the molecule is COc1cc(Cl)c(-c2ccc(C)cc2)n2c(=O)n(Cc3ccccc3)nc12. The van der Waals surface area contributed by atoms with Crippen LogP contribution in [0.25, 0.3) is 16.9 Å². The molecule has 5 nitrogen and oxygen atoms in total. The van der Waals surface area contributed by atoms with Crippen molar-refractivity contribution in [3.63, 3.8) is 0 Å². The summed E-state index contributed by atoms with van der Waals surface area (Å²) in [7, 11) is 1.54. The Morgan fingerprint density at radius 3 is 2.44 bits per heavy atom. The lowest BCUT2D eigenvalue weighted by atomic mass is 10.1. The normalized spacial score (nSPS) is 11.1. The molecule has 0 saturated carbocycles. The molecule has 2 heterocycles. The Hall–Kier alpha value is -3.05. The molecule has 2 aromatic heterocycles. The van der Waals surface area contributed by atoms with Crippen LogP contribution in [0.2, 0.25) is 5.02 Å². The van der Waals surface area contributed by atoms with Crippen molar-refractivity contribution in [2.24, 2.45) is 0 Å². The van der Waals surface area contributed by atoms with Gasteiger partial charge in [0, 0.05) is 11.6 Å². The molecule has 0 aliphatic heterocycles. The van der Waals surface area contributed by atoms with Gasteiger partial charge in [-0.05, 0) is 12.5 Å². The van der Waals surface area contributed by atoms with Gasteiger partial charge in [-0.3, -0.25) is 0 Å². The van der Waals surface area contributed by atoms with Gasteiger partial charge in [-0.15, -0.1) is 5.10 Å². The Bertz CT molecular complexity index is 1160. The molecule has 0 radical (unpaired) electrons. The maximum Gasteiger partial charge on any atom is 0.351 e. The molecule has 0 fully saturated rings. The highest BCUT2D eigenvalue weighted by atomic mass is 35.5. The molecule has 0 atom stereocenters. The van der Waals surface area contributed by atoms with E-state index in [1.165, 1.54) is 16.2 Å². The zero-order valence-corrected chi connectivity index (χ0v) is 15.8. The largest absolute Gasteiger partial charge is 0.493 e. The number of hydrogen-bond donors (Lipinski definition) is 0. The molecule has 0 saturated heterocycles. The van der Waals surface area contributed by atoms with Crippen molar-refractivity contribution in [3.05, 3.63) is 87.3 Å². The highest BCUT2D eigenvalue weighted by Crippen LogP contribution is 2.33. The molecule has 136 valence electrons. The topological polar surface area (TPSA) is 48.5 Å². The van der Waals surface area contributed by atoms with Crippen LogP contribution < -0.4 is 10.4 Å². The second-order valence-corrected chi connectivity index (χ2v) is 6.77. The Labute approximate surface area is 161 Å². The van der Waals surface area contributed by atoms with E-state index in [4.69, 9.17) is 16.3 Å². The molecular weight excluding hydrogens is 362 g/mol. The molecule has 0 N–H and O–H groups in total. The number of aryl methyl sites for hydroxylation is 1. The van der Waals surface area contributed by atoms with Crippen LogP contribution >= 0.6 is 11.6 Å². The van der Waals surface area contributed by atoms with Crippen LogP contribution in [-0.2, 0) is 6.54 Å². The minimum absolute atomic E-state index is 0.259. The van der Waals surface area contributed by atoms with E-state index in [0.29, 0.717) is 28.7 Å². The van der Waals surface area contributed by atoms with Crippen molar-refractivity contribution < 1.29 is 4.74 Å². The first-order valence-electron chi connectivity index (χ1n) is 8.55. The Kier molecular flexibility index (Phi) is 4.46. The van der Waals surface area contributed by atoms with Gasteiger partial charge in [0.2, 0.25) is 5.65 Å². The average Bonchev–Trinajstić information content (AvgIpc) is 2.99. The first-order chi connectivity index (χ1) is 13.1. The third kappa shape index (κ3) is 3.11. The summed E-state index contributed by atoms with van der Waals surface area (Å²) in [5, 5.41) is 4.94. The molecule has 0 aliphatic carbocycles. The molecule has 0 spiro atoms. The molecule has 4 aromatic rings. The van der Waals surface area contributed by atoms with E-state index in [2.05, 4.69) is 5.10 Å². The summed E-state index contributed by atoms with van der Waals surface area (Å²) in [6.45, 7) is 2.38. The van der Waals surface area contributed by atoms with Crippen LogP contribution in [0.15, 0.2) is 65.5 Å². The van der Waals surface area contributed by atoms with Crippen LogP contribution in [0.3, 0.4) is 0 Å². The fourth-order valence-electron chi connectivity index (χ4n) is 3.11. The minimum Gasteiger partial charge on any atom is -0.493 e. The zero-order chi connectivity index (χ0) is 19.0. The number of nitrogens with zero attached hydrogens (tertiary/aromatic N) is 3. The van der Waals surface area contributed by atoms with Crippen LogP contribution in [0.5, 0.6) is 5.75 Å². The van der Waals surface area contributed by atoms with Crippen LogP contribution in [0.4, 0.5) is 0 Å². The molecule has 0 aliphatic rings. The van der Waals surface area contributed by atoms with E-state index < -0.39 is 0 Å². The van der Waals surface area contributed by atoms with Gasteiger partial charge in [0.25, 0.3) is 0 Å². The summed E-state index contributed by atoms with van der Waals surface area (Å²) in [6.07, 6.45) is 0. The maximum atomic E-state index is 13.2. The van der Waals surface area contributed by atoms with Gasteiger partial charge in [0.05, 0.1) is 24.4 Å². The Balaban J connectivity index is 1.97. The Morgan fingerprint density at radius 2 is 1.78 bits per heavy atom. The fraction of sp³-hybridized carbons (Fsp3) is 0.143. The highest BCUT2D eigenvalue weighted by Gasteiger charge is 2.19. The monoisotopic (exact) mass is 379 g/mol. The third-order valence-electron chi connectivity index (χ3n) is 4.49. The lowest BCUT2D eigenvalue weighted by Gasteiger charge is -2.10. The molecule has 6 heteroatoms. The molecule has 0 unspecified atom stereocenters. The standard InChI is InChI=1S/C21H18ClN3O2/c1-14-8-10-16(11-9-14)19-17(22)12-18(27-2)20-23-24(21(26)25(19)20)13-15-6-4-3-5-7-15/h3-12H,13H2,1-2H3. The van der Waals surface area contributed by atoms with E-state index in [1.807, 2.05) is 61.5 Å². The van der Waals surface area contributed by atoms with Gasteiger partial charge in [-0.1, -0.05) is 71.8 Å². The minimum atomic E-state index is -0.259. The number of rotatable bonds is 4. The van der Waals surface area contributed by atoms with Crippen LogP contribution in [0, 0.1) is 6.92 Å². The number of hydrogen-bond acceptors (Lipinski definition) is 3. The summed E-state index contributed by atoms with van der Waals surface area (Å²) in [5.74, 6) is 0.458. The molecule has 4 rings (SSSR count). The van der Waals surface area contributed by atoms with E-state index in [1.54, 1.807) is 6.07 Å². The second kappa shape index (κ2) is 6.93. The van der Waals surface area contributed by atoms with Gasteiger partial charge >= 0.3 is 5.69 Å². The van der Waals surface area contributed by atoms with Crippen molar-refractivity contribution in [2.45, 2.75) is 13.5 Å². The third-order valence-corrected chi connectivity index (χ3v) is 4.78. The van der Waals surface area contributed by atoms with Gasteiger partial charge in [0.1, 0.15) is 0 Å². The van der Waals surface area contributed by atoms with Gasteiger partial charge in [-0.2, -0.15) is 0 Å². The average molecular weight is 380 g/mol. The Morgan fingerprint density at radius 1 is 1.07 bits per heavy atom. The summed E-state index contributed by atoms with van der Waals surface area (Å²) in [4.78, 5) is 13.2. The maximum absolute atomic E-state index is 13.2. The molecule has 0 bridgehead atoms. The molecule has 0 amide bonds. The van der Waals surface area contributed by atoms with Gasteiger partial charge in [-0.25, -0.2) is 13.9 Å². The number of aromatic nitrogens is 3. The van der Waals surface area contributed by atoms with Crippen LogP contribution in [-0.4, -0.2) is 21.3 Å². The molecule has 27 heavy (non-hydrogen) atoms. The van der Waals surface area contributed by atoms with E-state index in [0.717, 1.165) is 16.7 Å². The quantitative estimate of drug-likeness (QED) is 0.534.